The molecule has 190 valence electrons. The van der Waals surface area contributed by atoms with Crippen molar-refractivity contribution < 1.29 is 18.0 Å². The van der Waals surface area contributed by atoms with Gasteiger partial charge in [-0.15, -0.1) is 0 Å². The highest BCUT2D eigenvalue weighted by molar-refractivity contribution is 5.89. The van der Waals surface area contributed by atoms with E-state index in [-0.39, 0.29) is 28.9 Å². The van der Waals surface area contributed by atoms with Gasteiger partial charge in [0.15, 0.2) is 0 Å². The van der Waals surface area contributed by atoms with E-state index < -0.39 is 23.8 Å². The monoisotopic (exact) mass is 498 g/mol. The van der Waals surface area contributed by atoms with Crippen molar-refractivity contribution in [2.75, 3.05) is 18.4 Å². The normalized spacial score (nSPS) is 17.6. The van der Waals surface area contributed by atoms with Crippen LogP contribution in [-0.2, 0) is 11.8 Å². The zero-order chi connectivity index (χ0) is 25.6. The molecular formula is C27H29F3N4O2. The van der Waals surface area contributed by atoms with Crippen LogP contribution >= 0.6 is 0 Å². The number of hydrogen-bond acceptors (Lipinski definition) is 4. The molecule has 9 heteroatoms. The van der Waals surface area contributed by atoms with Crippen LogP contribution in [0.15, 0.2) is 41.3 Å². The van der Waals surface area contributed by atoms with Crippen LogP contribution < -0.4 is 10.9 Å². The average Bonchev–Trinajstić information content (AvgIpc) is 3.72. The molecule has 1 aliphatic carbocycles. The number of likely N-dealkylation sites (tertiary alicyclic amines) is 1. The van der Waals surface area contributed by atoms with Gasteiger partial charge in [-0.05, 0) is 50.7 Å². The van der Waals surface area contributed by atoms with Crippen LogP contribution in [0.1, 0.15) is 67.7 Å². The lowest BCUT2D eigenvalue weighted by atomic mass is 9.89. The Morgan fingerprint density at radius 1 is 1.11 bits per heavy atom. The maximum Gasteiger partial charge on any atom is 0.266 e. The number of carbonyl (C=O) groups is 1. The van der Waals surface area contributed by atoms with Gasteiger partial charge in [0.25, 0.3) is 12.0 Å². The van der Waals surface area contributed by atoms with Crippen LogP contribution in [0.5, 0.6) is 0 Å². The van der Waals surface area contributed by atoms with Gasteiger partial charge in [-0.1, -0.05) is 18.2 Å². The van der Waals surface area contributed by atoms with E-state index in [0.29, 0.717) is 48.2 Å². The van der Waals surface area contributed by atoms with Crippen molar-refractivity contribution in [3.63, 3.8) is 0 Å². The molecular weight excluding hydrogens is 469 g/mol. The van der Waals surface area contributed by atoms with Crippen LogP contribution in [0.4, 0.5) is 18.9 Å². The number of hydrogen-bond donors (Lipinski definition) is 1. The SMILES string of the molecule is C[C@@H](Nc1ccnc2c1cc(C1CCN(C(=O)C3CC3)CC1)c(=O)n2C)c1cccc(C(F)F)c1F. The molecule has 2 aliphatic rings. The van der Waals surface area contributed by atoms with Crippen molar-refractivity contribution in [1.29, 1.82) is 0 Å². The number of halogens is 3. The van der Waals surface area contributed by atoms with E-state index in [2.05, 4.69) is 10.3 Å². The number of nitrogens with one attached hydrogen (secondary N) is 1. The highest BCUT2D eigenvalue weighted by Crippen LogP contribution is 2.35. The highest BCUT2D eigenvalue weighted by atomic mass is 19.3. The molecule has 3 aromatic rings. The Bertz CT molecular complexity index is 1360. The summed E-state index contributed by atoms with van der Waals surface area (Å²) in [5, 5.41) is 3.93. The second kappa shape index (κ2) is 9.59. The van der Waals surface area contributed by atoms with E-state index in [9.17, 15) is 22.8 Å². The number of alkyl halides is 2. The molecule has 5 rings (SSSR count). The largest absolute Gasteiger partial charge is 0.378 e. The van der Waals surface area contributed by atoms with Gasteiger partial charge in [0.05, 0.1) is 11.6 Å². The van der Waals surface area contributed by atoms with Gasteiger partial charge in [0, 0.05) is 54.5 Å². The number of anilines is 1. The summed E-state index contributed by atoms with van der Waals surface area (Å²) in [6.45, 7) is 2.97. The van der Waals surface area contributed by atoms with E-state index in [0.717, 1.165) is 18.9 Å². The summed E-state index contributed by atoms with van der Waals surface area (Å²) in [7, 11) is 1.67. The number of fused-ring (bicyclic) bond motifs is 1. The fraction of sp³-hybridized carbons (Fsp3) is 0.444. The van der Waals surface area contributed by atoms with Crippen LogP contribution in [0.25, 0.3) is 11.0 Å². The zero-order valence-electron chi connectivity index (χ0n) is 20.3. The molecule has 2 aromatic heterocycles. The van der Waals surface area contributed by atoms with E-state index in [1.807, 2.05) is 11.0 Å². The third-order valence-corrected chi connectivity index (χ3v) is 7.44. The van der Waals surface area contributed by atoms with E-state index >= 15 is 0 Å². The van der Waals surface area contributed by atoms with Crippen LogP contribution in [0.2, 0.25) is 0 Å². The molecule has 1 amide bonds. The predicted octanol–water partition coefficient (Wildman–Crippen LogP) is 5.30. The second-order valence-electron chi connectivity index (χ2n) is 9.85. The Morgan fingerprint density at radius 3 is 2.47 bits per heavy atom. The molecule has 1 aliphatic heterocycles. The lowest BCUT2D eigenvalue weighted by molar-refractivity contribution is -0.133. The van der Waals surface area contributed by atoms with Crippen molar-refractivity contribution in [1.82, 2.24) is 14.5 Å². The first kappa shape index (κ1) is 24.3. The van der Waals surface area contributed by atoms with Gasteiger partial charge in [0.2, 0.25) is 5.91 Å². The second-order valence-corrected chi connectivity index (χ2v) is 9.85. The molecule has 1 atom stereocenters. The Kier molecular flexibility index (Phi) is 6.49. The van der Waals surface area contributed by atoms with Gasteiger partial charge in [-0.2, -0.15) is 0 Å². The third kappa shape index (κ3) is 4.47. The summed E-state index contributed by atoms with van der Waals surface area (Å²) >= 11 is 0. The number of carbonyl (C=O) groups excluding carboxylic acids is 1. The molecule has 1 saturated heterocycles. The minimum Gasteiger partial charge on any atom is -0.378 e. The topological polar surface area (TPSA) is 67.2 Å². The first-order valence-electron chi connectivity index (χ1n) is 12.4. The number of pyridine rings is 2. The quantitative estimate of drug-likeness (QED) is 0.501. The number of aryl methyl sites for hydroxylation is 1. The lowest BCUT2D eigenvalue weighted by Gasteiger charge is -2.32. The van der Waals surface area contributed by atoms with Crippen LogP contribution in [-0.4, -0.2) is 33.4 Å². The molecule has 6 nitrogen and oxygen atoms in total. The van der Waals surface area contributed by atoms with E-state index in [4.69, 9.17) is 0 Å². The fourth-order valence-electron chi connectivity index (χ4n) is 5.18. The highest BCUT2D eigenvalue weighted by Gasteiger charge is 2.35. The van der Waals surface area contributed by atoms with Gasteiger partial charge < -0.3 is 10.2 Å². The standard InChI is InChI=1S/C27H29F3N4O2/c1-15(18-4-3-5-19(23(18)28)24(29)30)32-22-8-11-31-25-21(22)14-20(27(36)33(25)2)16-9-12-34(13-10-16)26(35)17-6-7-17/h3-5,8,11,14-17,24H,6-7,9-10,12-13H2,1-2H3,(H,31,32)/t15-/m1/s1. The van der Waals surface area contributed by atoms with E-state index in [1.165, 1.54) is 16.7 Å². The Balaban J connectivity index is 1.44. The number of amides is 1. The van der Waals surface area contributed by atoms with Crippen LogP contribution in [0.3, 0.4) is 0 Å². The molecule has 1 N–H and O–H groups in total. The van der Waals surface area contributed by atoms with Gasteiger partial charge in [-0.25, -0.2) is 18.2 Å². The molecule has 0 bridgehead atoms. The minimum atomic E-state index is -2.90. The summed E-state index contributed by atoms with van der Waals surface area (Å²) in [5.41, 5.74) is 1.16. The number of benzene rings is 1. The summed E-state index contributed by atoms with van der Waals surface area (Å²) in [6.07, 6.45) is 2.03. The van der Waals surface area contributed by atoms with Gasteiger partial charge in [-0.3, -0.25) is 14.2 Å². The smallest absolute Gasteiger partial charge is 0.266 e. The maximum absolute atomic E-state index is 14.8. The zero-order valence-corrected chi connectivity index (χ0v) is 20.3. The molecule has 1 aromatic carbocycles. The van der Waals surface area contributed by atoms with Crippen molar-refractivity contribution in [3.05, 3.63) is 69.4 Å². The van der Waals surface area contributed by atoms with Gasteiger partial charge in [0.1, 0.15) is 11.5 Å². The van der Waals surface area contributed by atoms with Crippen LogP contribution in [0, 0.1) is 11.7 Å². The molecule has 36 heavy (non-hydrogen) atoms. The summed E-state index contributed by atoms with van der Waals surface area (Å²) < 4.78 is 42.7. The van der Waals surface area contributed by atoms with E-state index in [1.54, 1.807) is 26.2 Å². The Hall–Kier alpha value is -3.36. The first-order chi connectivity index (χ1) is 17.3. The number of piperidine rings is 1. The molecule has 3 heterocycles. The number of aromatic nitrogens is 2. The maximum atomic E-state index is 14.8. The number of nitrogens with zero attached hydrogens (tertiary/aromatic N) is 3. The average molecular weight is 499 g/mol. The summed E-state index contributed by atoms with van der Waals surface area (Å²) in [4.78, 5) is 31.9. The lowest BCUT2D eigenvalue weighted by Crippen LogP contribution is -2.40. The summed E-state index contributed by atoms with van der Waals surface area (Å²) in [5.74, 6) is -0.496. The number of rotatable bonds is 6. The van der Waals surface area contributed by atoms with Crippen molar-refractivity contribution in [3.8, 4) is 0 Å². The first-order valence-corrected chi connectivity index (χ1v) is 12.4. The molecule has 0 radical (unpaired) electrons. The van der Waals surface area contributed by atoms with Crippen molar-refractivity contribution in [2.24, 2.45) is 13.0 Å². The predicted molar refractivity (Wildman–Crippen MR) is 132 cm³/mol. The minimum absolute atomic E-state index is 0.0157. The molecule has 2 fully saturated rings. The Labute approximate surface area is 207 Å². The summed E-state index contributed by atoms with van der Waals surface area (Å²) in [6, 6.07) is 6.97. The van der Waals surface area contributed by atoms with Crippen molar-refractivity contribution >= 4 is 22.6 Å². The van der Waals surface area contributed by atoms with Crippen molar-refractivity contribution in [2.45, 2.75) is 51.0 Å². The molecule has 0 unspecified atom stereocenters. The molecule has 1 saturated carbocycles. The van der Waals surface area contributed by atoms with Gasteiger partial charge >= 0.3 is 0 Å². The fourth-order valence-corrected chi connectivity index (χ4v) is 5.18. The molecule has 0 spiro atoms. The Morgan fingerprint density at radius 2 is 1.81 bits per heavy atom. The third-order valence-electron chi connectivity index (χ3n) is 7.44.